The summed E-state index contributed by atoms with van der Waals surface area (Å²) in [6.45, 7) is 8.38. The van der Waals surface area contributed by atoms with E-state index in [4.69, 9.17) is 0 Å². The fraction of sp³-hybridized carbons (Fsp3) is 0.500. The van der Waals surface area contributed by atoms with Crippen LogP contribution in [0.1, 0.15) is 66.9 Å². The van der Waals surface area contributed by atoms with Crippen molar-refractivity contribution in [3.8, 4) is 0 Å². The number of carbonyl (C=O) groups is 1. The molecule has 0 bridgehead atoms. The highest BCUT2D eigenvalue weighted by Gasteiger charge is 2.30. The average molecular weight is 421 g/mol. The van der Waals surface area contributed by atoms with Gasteiger partial charge in [-0.15, -0.1) is 0 Å². The maximum absolute atomic E-state index is 12.2. The van der Waals surface area contributed by atoms with Crippen LogP contribution in [-0.2, 0) is 6.54 Å². The molecule has 1 heterocycles. The number of hydrogen-bond donors (Lipinski definition) is 3. The molecule has 5 heteroatoms. The van der Waals surface area contributed by atoms with Gasteiger partial charge in [0, 0.05) is 42.8 Å². The SMILES string of the molecule is CCCNNC(=O)c1ccc(CN(CCC2c3ccccc3NC2C)CC2CC2)cc1. The quantitative estimate of drug-likeness (QED) is 0.369. The second-order valence-corrected chi connectivity index (χ2v) is 9.17. The predicted octanol–water partition coefficient (Wildman–Crippen LogP) is 4.53. The zero-order valence-corrected chi connectivity index (χ0v) is 18.9. The van der Waals surface area contributed by atoms with Crippen LogP contribution >= 0.6 is 0 Å². The standard InChI is InChI=1S/C26H36N4O/c1-3-15-27-29-26(31)22-12-10-21(11-13-22)18-30(17-20-8-9-20)16-14-23-19(2)28-25-7-5-4-6-24(23)25/h4-7,10-13,19-20,23,27-28H,3,8-9,14-18H2,1-2H3,(H,29,31). The largest absolute Gasteiger partial charge is 0.382 e. The number of nitrogens with one attached hydrogen (secondary N) is 3. The van der Waals surface area contributed by atoms with Crippen LogP contribution in [0.3, 0.4) is 0 Å². The minimum absolute atomic E-state index is 0.0729. The van der Waals surface area contributed by atoms with Crippen molar-refractivity contribution in [2.24, 2.45) is 5.92 Å². The zero-order valence-electron chi connectivity index (χ0n) is 18.9. The van der Waals surface area contributed by atoms with Crippen LogP contribution in [0.5, 0.6) is 0 Å². The molecule has 31 heavy (non-hydrogen) atoms. The molecule has 1 amide bonds. The van der Waals surface area contributed by atoms with E-state index in [9.17, 15) is 4.79 Å². The number of benzene rings is 2. The molecule has 2 atom stereocenters. The molecular weight excluding hydrogens is 384 g/mol. The van der Waals surface area contributed by atoms with Crippen molar-refractivity contribution in [3.05, 3.63) is 65.2 Å². The maximum atomic E-state index is 12.2. The number of para-hydroxylation sites is 1. The first-order valence-corrected chi connectivity index (χ1v) is 11.8. The highest BCUT2D eigenvalue weighted by atomic mass is 16.2. The van der Waals surface area contributed by atoms with Crippen molar-refractivity contribution in [3.63, 3.8) is 0 Å². The van der Waals surface area contributed by atoms with Gasteiger partial charge in [0.05, 0.1) is 0 Å². The van der Waals surface area contributed by atoms with E-state index in [1.807, 2.05) is 12.1 Å². The van der Waals surface area contributed by atoms with E-state index in [1.54, 1.807) is 0 Å². The van der Waals surface area contributed by atoms with E-state index in [2.05, 4.69) is 71.3 Å². The fourth-order valence-electron chi connectivity index (χ4n) is 4.55. The minimum Gasteiger partial charge on any atom is -0.382 e. The van der Waals surface area contributed by atoms with Crippen LogP contribution < -0.4 is 16.2 Å². The lowest BCUT2D eigenvalue weighted by Gasteiger charge is -2.25. The summed E-state index contributed by atoms with van der Waals surface area (Å²) in [4.78, 5) is 14.8. The molecule has 0 saturated heterocycles. The van der Waals surface area contributed by atoms with Crippen LogP contribution in [0.4, 0.5) is 5.69 Å². The normalized spacial score (nSPS) is 19.8. The van der Waals surface area contributed by atoms with Crippen LogP contribution in [-0.4, -0.2) is 36.5 Å². The summed E-state index contributed by atoms with van der Waals surface area (Å²) in [6.07, 6.45) is 4.88. The topological polar surface area (TPSA) is 56.4 Å². The van der Waals surface area contributed by atoms with Gasteiger partial charge in [-0.3, -0.25) is 15.1 Å². The number of carbonyl (C=O) groups excluding carboxylic acids is 1. The zero-order chi connectivity index (χ0) is 21.6. The lowest BCUT2D eigenvalue weighted by Crippen LogP contribution is -2.37. The predicted molar refractivity (Wildman–Crippen MR) is 127 cm³/mol. The summed E-state index contributed by atoms with van der Waals surface area (Å²) in [5.41, 5.74) is 10.4. The maximum Gasteiger partial charge on any atom is 0.265 e. The molecule has 0 radical (unpaired) electrons. The molecule has 1 saturated carbocycles. The third-order valence-corrected chi connectivity index (χ3v) is 6.52. The van der Waals surface area contributed by atoms with Crippen molar-refractivity contribution in [2.45, 2.75) is 58.0 Å². The van der Waals surface area contributed by atoms with E-state index < -0.39 is 0 Å². The molecule has 0 aromatic heterocycles. The molecule has 2 unspecified atom stereocenters. The molecule has 1 aliphatic carbocycles. The summed E-state index contributed by atoms with van der Waals surface area (Å²) >= 11 is 0. The monoisotopic (exact) mass is 420 g/mol. The summed E-state index contributed by atoms with van der Waals surface area (Å²) < 4.78 is 0. The Labute approximate surface area is 186 Å². The Balaban J connectivity index is 1.35. The van der Waals surface area contributed by atoms with Gasteiger partial charge in [0.25, 0.3) is 5.91 Å². The first-order chi connectivity index (χ1) is 15.1. The van der Waals surface area contributed by atoms with Crippen molar-refractivity contribution in [1.29, 1.82) is 0 Å². The second-order valence-electron chi connectivity index (χ2n) is 9.17. The summed E-state index contributed by atoms with van der Waals surface area (Å²) in [6, 6.07) is 17.3. The van der Waals surface area contributed by atoms with E-state index in [1.165, 1.54) is 42.6 Å². The number of rotatable bonds is 11. The Kier molecular flexibility index (Phi) is 7.25. The van der Waals surface area contributed by atoms with Gasteiger partial charge in [0.1, 0.15) is 0 Å². The van der Waals surface area contributed by atoms with E-state index in [0.29, 0.717) is 17.5 Å². The molecule has 2 aromatic carbocycles. The highest BCUT2D eigenvalue weighted by molar-refractivity contribution is 5.93. The number of fused-ring (bicyclic) bond motifs is 1. The van der Waals surface area contributed by atoms with Gasteiger partial charge in [-0.05, 0) is 74.4 Å². The van der Waals surface area contributed by atoms with Gasteiger partial charge in [-0.2, -0.15) is 0 Å². The van der Waals surface area contributed by atoms with E-state index in [-0.39, 0.29) is 5.91 Å². The van der Waals surface area contributed by atoms with Crippen molar-refractivity contribution in [1.82, 2.24) is 15.8 Å². The lowest BCUT2D eigenvalue weighted by atomic mass is 9.92. The Morgan fingerprint density at radius 2 is 1.90 bits per heavy atom. The molecule has 4 rings (SSSR count). The smallest absolute Gasteiger partial charge is 0.265 e. The van der Waals surface area contributed by atoms with Crippen LogP contribution in [0.2, 0.25) is 0 Å². The van der Waals surface area contributed by atoms with Crippen molar-refractivity contribution in [2.75, 3.05) is 25.0 Å². The number of anilines is 1. The lowest BCUT2D eigenvalue weighted by molar-refractivity contribution is 0.0933. The number of nitrogens with zero attached hydrogens (tertiary/aromatic N) is 1. The van der Waals surface area contributed by atoms with Gasteiger partial charge in [-0.1, -0.05) is 37.3 Å². The first kappa shape index (κ1) is 21.8. The summed E-state index contributed by atoms with van der Waals surface area (Å²) in [7, 11) is 0. The third kappa shape index (κ3) is 5.86. The van der Waals surface area contributed by atoms with Crippen molar-refractivity contribution >= 4 is 11.6 Å². The van der Waals surface area contributed by atoms with Crippen LogP contribution in [0.15, 0.2) is 48.5 Å². The Morgan fingerprint density at radius 1 is 1.13 bits per heavy atom. The molecule has 2 aliphatic rings. The van der Waals surface area contributed by atoms with Gasteiger partial charge in [0.2, 0.25) is 0 Å². The van der Waals surface area contributed by atoms with Crippen LogP contribution in [0, 0.1) is 5.92 Å². The average Bonchev–Trinajstić information content (AvgIpc) is 3.53. The fourth-order valence-corrected chi connectivity index (χ4v) is 4.55. The summed E-state index contributed by atoms with van der Waals surface area (Å²) in [5, 5.41) is 3.65. The van der Waals surface area contributed by atoms with Crippen molar-refractivity contribution < 1.29 is 4.79 Å². The van der Waals surface area contributed by atoms with Gasteiger partial charge < -0.3 is 5.32 Å². The molecule has 1 aliphatic heterocycles. The van der Waals surface area contributed by atoms with E-state index in [0.717, 1.165) is 32.0 Å². The first-order valence-electron chi connectivity index (χ1n) is 11.8. The van der Waals surface area contributed by atoms with Gasteiger partial charge in [-0.25, -0.2) is 5.43 Å². The number of hydrazine groups is 1. The van der Waals surface area contributed by atoms with Gasteiger partial charge >= 0.3 is 0 Å². The Hall–Kier alpha value is -2.37. The molecule has 0 spiro atoms. The van der Waals surface area contributed by atoms with Crippen LogP contribution in [0.25, 0.3) is 0 Å². The van der Waals surface area contributed by atoms with Gasteiger partial charge in [0.15, 0.2) is 0 Å². The minimum atomic E-state index is -0.0729. The molecule has 2 aromatic rings. The number of amides is 1. The third-order valence-electron chi connectivity index (χ3n) is 6.52. The number of hydrogen-bond acceptors (Lipinski definition) is 4. The molecule has 1 fully saturated rings. The van der Waals surface area contributed by atoms with E-state index >= 15 is 0 Å². The molecular formula is C26H36N4O. The Morgan fingerprint density at radius 3 is 2.65 bits per heavy atom. The molecule has 166 valence electrons. The Bertz CT molecular complexity index is 862. The highest BCUT2D eigenvalue weighted by Crippen LogP contribution is 2.38. The molecule has 5 nitrogen and oxygen atoms in total. The summed E-state index contributed by atoms with van der Waals surface area (Å²) in [5.74, 6) is 1.36. The molecule has 3 N–H and O–H groups in total. The second kappa shape index (κ2) is 10.3.